The van der Waals surface area contributed by atoms with Gasteiger partial charge in [0.2, 0.25) is 11.7 Å². The predicted molar refractivity (Wildman–Crippen MR) is 63.7 cm³/mol. The van der Waals surface area contributed by atoms with Gasteiger partial charge in [-0.1, -0.05) is 19.0 Å². The molecule has 0 fully saturated rings. The lowest BCUT2D eigenvalue weighted by molar-refractivity contribution is -0.0221. The van der Waals surface area contributed by atoms with Crippen LogP contribution >= 0.6 is 0 Å². The monoisotopic (exact) mass is 242 g/mol. The number of aromatic nitrogens is 2. The van der Waals surface area contributed by atoms with E-state index in [0.29, 0.717) is 24.7 Å². The molecule has 1 heterocycles. The van der Waals surface area contributed by atoms with Crippen molar-refractivity contribution in [2.24, 2.45) is 0 Å². The molecule has 5 heteroatoms. The van der Waals surface area contributed by atoms with Crippen LogP contribution in [0.3, 0.4) is 0 Å². The number of hydrogen-bond donors (Lipinski definition) is 1. The topological polar surface area (TPSA) is 68.4 Å². The molecule has 0 amide bonds. The molecule has 0 aromatic carbocycles. The number of hydrogen-bond acceptors (Lipinski definition) is 5. The minimum absolute atomic E-state index is 0.154. The summed E-state index contributed by atoms with van der Waals surface area (Å²) in [6, 6.07) is 0. The average molecular weight is 242 g/mol. The van der Waals surface area contributed by atoms with E-state index in [9.17, 15) is 5.11 Å². The van der Waals surface area contributed by atoms with Crippen LogP contribution in [-0.2, 0) is 10.3 Å². The molecule has 0 aliphatic heterocycles. The van der Waals surface area contributed by atoms with Gasteiger partial charge < -0.3 is 14.4 Å². The molecule has 0 aliphatic rings. The van der Waals surface area contributed by atoms with Crippen molar-refractivity contribution in [3.8, 4) is 0 Å². The fraction of sp³-hybridized carbons (Fsp3) is 0.833. The second kappa shape index (κ2) is 5.60. The maximum atomic E-state index is 9.74. The lowest BCUT2D eigenvalue weighted by Gasteiger charge is -2.20. The molecule has 5 nitrogen and oxygen atoms in total. The van der Waals surface area contributed by atoms with Crippen LogP contribution in [0.1, 0.15) is 58.7 Å². The van der Waals surface area contributed by atoms with Crippen LogP contribution < -0.4 is 0 Å². The van der Waals surface area contributed by atoms with Crippen molar-refractivity contribution < 1.29 is 14.4 Å². The zero-order chi connectivity index (χ0) is 13.1. The van der Waals surface area contributed by atoms with E-state index < -0.39 is 11.7 Å². The molecule has 98 valence electrons. The van der Waals surface area contributed by atoms with E-state index in [0.717, 1.165) is 0 Å². The van der Waals surface area contributed by atoms with Gasteiger partial charge in [0.15, 0.2) is 0 Å². The summed E-state index contributed by atoms with van der Waals surface area (Å²) in [4.78, 5) is 4.31. The summed E-state index contributed by atoms with van der Waals surface area (Å²) in [5, 5.41) is 13.7. The fourth-order valence-electron chi connectivity index (χ4n) is 1.61. The molecule has 2 unspecified atom stereocenters. The largest absolute Gasteiger partial charge is 0.392 e. The van der Waals surface area contributed by atoms with E-state index in [-0.39, 0.29) is 5.92 Å². The summed E-state index contributed by atoms with van der Waals surface area (Å²) in [6.45, 7) is 10.1. The molecule has 1 N–H and O–H groups in total. The quantitative estimate of drug-likeness (QED) is 0.828. The van der Waals surface area contributed by atoms with E-state index in [1.807, 2.05) is 34.6 Å². The summed E-state index contributed by atoms with van der Waals surface area (Å²) in [5.41, 5.74) is -0.562. The van der Waals surface area contributed by atoms with E-state index in [4.69, 9.17) is 9.26 Å². The number of aliphatic hydroxyl groups is 1. The minimum atomic E-state index is -0.562. The SMILES string of the molecule is CCOC(C)(C)c1noc(C(C)C(O)CC)n1. The number of nitrogens with zero attached hydrogens (tertiary/aromatic N) is 2. The first-order valence-electron chi connectivity index (χ1n) is 6.08. The second-order valence-corrected chi connectivity index (χ2v) is 4.66. The average Bonchev–Trinajstić information content (AvgIpc) is 2.76. The standard InChI is InChI=1S/C12H22N2O3/c1-6-9(15)8(3)10-13-11(14-17-10)12(4,5)16-7-2/h8-9,15H,6-7H2,1-5H3. The van der Waals surface area contributed by atoms with Gasteiger partial charge in [-0.15, -0.1) is 0 Å². The van der Waals surface area contributed by atoms with Crippen LogP contribution in [-0.4, -0.2) is 28.0 Å². The van der Waals surface area contributed by atoms with Gasteiger partial charge >= 0.3 is 0 Å². The van der Waals surface area contributed by atoms with Crippen molar-refractivity contribution >= 4 is 0 Å². The van der Waals surface area contributed by atoms with E-state index in [1.165, 1.54) is 0 Å². The summed E-state index contributed by atoms with van der Waals surface area (Å²) in [6.07, 6.45) is 0.201. The molecule has 1 rings (SSSR count). The smallest absolute Gasteiger partial charge is 0.232 e. The van der Waals surface area contributed by atoms with Crippen LogP contribution in [0.2, 0.25) is 0 Å². The third-order valence-electron chi connectivity index (χ3n) is 2.87. The molecule has 0 spiro atoms. The Morgan fingerprint density at radius 2 is 2.06 bits per heavy atom. The van der Waals surface area contributed by atoms with Gasteiger partial charge in [0.1, 0.15) is 5.60 Å². The molecule has 0 bridgehead atoms. The fourth-order valence-corrected chi connectivity index (χ4v) is 1.61. The zero-order valence-electron chi connectivity index (χ0n) is 11.2. The maximum absolute atomic E-state index is 9.74. The highest BCUT2D eigenvalue weighted by Crippen LogP contribution is 2.25. The van der Waals surface area contributed by atoms with Gasteiger partial charge in [0, 0.05) is 6.61 Å². The normalized spacial score (nSPS) is 15.9. The van der Waals surface area contributed by atoms with E-state index in [1.54, 1.807) is 0 Å². The lowest BCUT2D eigenvalue weighted by atomic mass is 10.0. The maximum Gasteiger partial charge on any atom is 0.232 e. The van der Waals surface area contributed by atoms with Crippen LogP contribution in [0, 0.1) is 0 Å². The van der Waals surface area contributed by atoms with Crippen molar-refractivity contribution in [3.63, 3.8) is 0 Å². The van der Waals surface area contributed by atoms with Crippen molar-refractivity contribution in [3.05, 3.63) is 11.7 Å². The molecular formula is C12H22N2O3. The van der Waals surface area contributed by atoms with Gasteiger partial charge in [-0.25, -0.2) is 0 Å². The van der Waals surface area contributed by atoms with Gasteiger partial charge in [-0.05, 0) is 27.2 Å². The molecule has 0 aliphatic carbocycles. The Hall–Kier alpha value is -0.940. The highest BCUT2D eigenvalue weighted by atomic mass is 16.5. The van der Waals surface area contributed by atoms with Crippen LogP contribution in [0.4, 0.5) is 0 Å². The molecule has 2 atom stereocenters. The van der Waals surface area contributed by atoms with Gasteiger partial charge in [-0.3, -0.25) is 0 Å². The van der Waals surface area contributed by atoms with Gasteiger partial charge in [0.05, 0.1) is 12.0 Å². The predicted octanol–water partition coefficient (Wildman–Crippen LogP) is 2.22. The third kappa shape index (κ3) is 3.26. The number of ether oxygens (including phenoxy) is 1. The Bertz CT molecular complexity index is 349. The minimum Gasteiger partial charge on any atom is -0.392 e. The van der Waals surface area contributed by atoms with E-state index >= 15 is 0 Å². The Balaban J connectivity index is 2.84. The number of rotatable bonds is 6. The molecule has 0 saturated carbocycles. The Morgan fingerprint density at radius 3 is 2.59 bits per heavy atom. The first kappa shape index (κ1) is 14.1. The Morgan fingerprint density at radius 1 is 1.41 bits per heavy atom. The van der Waals surface area contributed by atoms with Crippen LogP contribution in [0.15, 0.2) is 4.52 Å². The Kier molecular flexibility index (Phi) is 4.65. The molecular weight excluding hydrogens is 220 g/mol. The van der Waals surface area contributed by atoms with E-state index in [2.05, 4.69) is 10.1 Å². The van der Waals surface area contributed by atoms with Gasteiger partial charge in [0.25, 0.3) is 0 Å². The van der Waals surface area contributed by atoms with Crippen molar-refractivity contribution in [1.29, 1.82) is 0 Å². The lowest BCUT2D eigenvalue weighted by Crippen LogP contribution is -2.23. The summed E-state index contributed by atoms with van der Waals surface area (Å²) in [5.74, 6) is 0.824. The summed E-state index contributed by atoms with van der Waals surface area (Å²) >= 11 is 0. The summed E-state index contributed by atoms with van der Waals surface area (Å²) in [7, 11) is 0. The molecule has 1 aromatic rings. The third-order valence-corrected chi connectivity index (χ3v) is 2.87. The molecule has 0 saturated heterocycles. The molecule has 1 aromatic heterocycles. The Labute approximate surface area is 102 Å². The molecule has 0 radical (unpaired) electrons. The highest BCUT2D eigenvalue weighted by Gasteiger charge is 2.29. The van der Waals surface area contributed by atoms with Crippen LogP contribution in [0.25, 0.3) is 0 Å². The zero-order valence-corrected chi connectivity index (χ0v) is 11.2. The van der Waals surface area contributed by atoms with Gasteiger partial charge in [-0.2, -0.15) is 4.98 Å². The second-order valence-electron chi connectivity index (χ2n) is 4.66. The number of aliphatic hydroxyl groups excluding tert-OH is 1. The first-order chi connectivity index (χ1) is 7.92. The first-order valence-corrected chi connectivity index (χ1v) is 6.08. The highest BCUT2D eigenvalue weighted by molar-refractivity contribution is 5.01. The summed E-state index contributed by atoms with van der Waals surface area (Å²) < 4.78 is 10.7. The van der Waals surface area contributed by atoms with Crippen LogP contribution in [0.5, 0.6) is 0 Å². The van der Waals surface area contributed by atoms with Crippen molar-refractivity contribution in [2.75, 3.05) is 6.61 Å². The molecule has 17 heavy (non-hydrogen) atoms. The van der Waals surface area contributed by atoms with Crippen molar-refractivity contribution in [2.45, 2.75) is 58.7 Å². The van der Waals surface area contributed by atoms with Crippen molar-refractivity contribution in [1.82, 2.24) is 10.1 Å².